The van der Waals surface area contributed by atoms with Gasteiger partial charge in [0, 0.05) is 38.5 Å². The molecule has 1 amide bonds. The summed E-state index contributed by atoms with van der Waals surface area (Å²) in [7, 11) is 3.22. The van der Waals surface area contributed by atoms with Crippen LogP contribution < -0.4 is 16.0 Å². The molecule has 3 aromatic rings. The lowest BCUT2D eigenvalue weighted by Gasteiger charge is -2.36. The molecule has 5 rings (SSSR count). The van der Waals surface area contributed by atoms with Crippen molar-refractivity contribution < 1.29 is 13.9 Å². The largest absolute Gasteiger partial charge is 0.383 e. The van der Waals surface area contributed by atoms with Crippen LogP contribution in [0.4, 0.5) is 27.5 Å². The Bertz CT molecular complexity index is 1290. The molecule has 1 saturated heterocycles. The van der Waals surface area contributed by atoms with Gasteiger partial charge >= 0.3 is 0 Å². The third kappa shape index (κ3) is 4.74. The highest BCUT2D eigenvalue weighted by Gasteiger charge is 2.39. The summed E-state index contributed by atoms with van der Waals surface area (Å²) in [5.74, 6) is -0.533. The van der Waals surface area contributed by atoms with Gasteiger partial charge in [-0.3, -0.25) is 9.69 Å². The maximum absolute atomic E-state index is 14.6. The van der Waals surface area contributed by atoms with Crippen LogP contribution in [-0.2, 0) is 11.2 Å². The van der Waals surface area contributed by atoms with Gasteiger partial charge in [0.05, 0.1) is 24.1 Å². The minimum Gasteiger partial charge on any atom is -0.383 e. The van der Waals surface area contributed by atoms with E-state index < -0.39 is 11.7 Å². The van der Waals surface area contributed by atoms with Gasteiger partial charge in [-0.1, -0.05) is 23.7 Å². The van der Waals surface area contributed by atoms with Crippen molar-refractivity contribution in [3.05, 3.63) is 70.1 Å². The van der Waals surface area contributed by atoms with E-state index in [4.69, 9.17) is 16.3 Å². The third-order valence-corrected chi connectivity index (χ3v) is 7.16. The molecule has 188 valence electrons. The molecule has 3 N–H and O–H groups in total. The average molecular weight is 511 g/mol. The Kier molecular flexibility index (Phi) is 7.04. The van der Waals surface area contributed by atoms with Gasteiger partial charge in [-0.25, -0.2) is 9.37 Å². The van der Waals surface area contributed by atoms with Crippen molar-refractivity contribution in [3.63, 3.8) is 0 Å². The highest BCUT2D eigenvalue weighted by molar-refractivity contribution is 6.33. The summed E-state index contributed by atoms with van der Waals surface area (Å²) in [5.41, 5.74) is 3.69. The van der Waals surface area contributed by atoms with Crippen molar-refractivity contribution in [1.82, 2.24) is 20.2 Å². The van der Waals surface area contributed by atoms with Gasteiger partial charge in [0.25, 0.3) is 5.91 Å². The van der Waals surface area contributed by atoms with E-state index in [9.17, 15) is 9.18 Å². The molecule has 0 radical (unpaired) electrons. The minimum absolute atomic E-state index is 0.0101. The number of rotatable bonds is 8. The number of hydrogen-bond donors (Lipinski definition) is 3. The molecule has 2 atom stereocenters. The van der Waals surface area contributed by atoms with E-state index in [1.54, 1.807) is 7.11 Å². The molecule has 0 saturated carbocycles. The number of halogens is 2. The molecule has 1 aromatic heterocycles. The quantitative estimate of drug-likeness (QED) is 0.400. The fourth-order valence-corrected chi connectivity index (χ4v) is 5.32. The molecule has 2 aliphatic heterocycles. The maximum Gasteiger partial charge on any atom is 0.253 e. The Morgan fingerprint density at radius 2 is 2.11 bits per heavy atom. The number of anilines is 4. The van der Waals surface area contributed by atoms with Crippen molar-refractivity contribution in [2.24, 2.45) is 0 Å². The SMILES string of the molecule is CNC(=O)c1cccc(F)c1Nc1nc(Nc2ccc3c(c2)C2CCC(C3)N2CCOC)ncc1Cl. The predicted molar refractivity (Wildman–Crippen MR) is 138 cm³/mol. The maximum atomic E-state index is 14.6. The molecule has 0 spiro atoms. The summed E-state index contributed by atoms with van der Waals surface area (Å²) in [6.07, 6.45) is 4.80. The first kappa shape index (κ1) is 24.4. The summed E-state index contributed by atoms with van der Waals surface area (Å²) in [5, 5.41) is 8.83. The Labute approximate surface area is 214 Å². The van der Waals surface area contributed by atoms with Crippen LogP contribution in [0, 0.1) is 5.82 Å². The van der Waals surface area contributed by atoms with E-state index in [2.05, 4.69) is 43.0 Å². The van der Waals surface area contributed by atoms with E-state index in [0.29, 0.717) is 18.0 Å². The number of carbonyl (C=O) groups excluding carboxylic acids is 1. The average Bonchev–Trinajstić information content (AvgIpc) is 3.18. The topological polar surface area (TPSA) is 91.4 Å². The molecular formula is C26H28ClFN6O2. The van der Waals surface area contributed by atoms with E-state index in [-0.39, 0.29) is 22.1 Å². The minimum atomic E-state index is -0.595. The first-order valence-corrected chi connectivity index (χ1v) is 12.3. The van der Waals surface area contributed by atoms with E-state index >= 15 is 0 Å². The van der Waals surface area contributed by atoms with Crippen molar-refractivity contribution in [2.45, 2.75) is 31.3 Å². The zero-order valence-electron chi connectivity index (χ0n) is 20.1. The summed E-state index contributed by atoms with van der Waals surface area (Å²) in [6.45, 7) is 1.64. The van der Waals surface area contributed by atoms with Gasteiger partial charge in [-0.2, -0.15) is 4.98 Å². The lowest BCUT2D eigenvalue weighted by atomic mass is 9.92. The molecule has 2 unspecified atom stereocenters. The summed E-state index contributed by atoms with van der Waals surface area (Å²) >= 11 is 6.31. The van der Waals surface area contributed by atoms with Gasteiger partial charge in [-0.05, 0) is 54.7 Å². The number of nitrogens with one attached hydrogen (secondary N) is 3. The van der Waals surface area contributed by atoms with Crippen molar-refractivity contribution in [2.75, 3.05) is 37.9 Å². The number of amides is 1. The molecule has 3 heterocycles. The number of carbonyl (C=O) groups is 1. The van der Waals surface area contributed by atoms with Gasteiger partial charge < -0.3 is 20.7 Å². The third-order valence-electron chi connectivity index (χ3n) is 6.89. The standard InChI is InChI=1S/C26H28ClFN6O2/c1-29-25(35)18-4-3-5-21(28)23(18)32-24-20(27)14-30-26(33-24)31-16-7-6-15-12-17-8-9-22(19(15)13-16)34(17)10-11-36-2/h3-7,13-14,17,22H,8-12H2,1-2H3,(H,29,35)(H2,30,31,32,33). The summed E-state index contributed by atoms with van der Waals surface area (Å²) in [6, 6.07) is 11.6. The molecule has 2 aromatic carbocycles. The second kappa shape index (κ2) is 10.4. The predicted octanol–water partition coefficient (Wildman–Crippen LogP) is 4.82. The van der Waals surface area contributed by atoms with E-state index in [1.165, 1.54) is 49.0 Å². The summed E-state index contributed by atoms with van der Waals surface area (Å²) in [4.78, 5) is 23.5. The van der Waals surface area contributed by atoms with E-state index in [1.807, 2.05) is 6.07 Å². The second-order valence-corrected chi connectivity index (χ2v) is 9.38. The molecule has 8 nitrogen and oxygen atoms in total. The molecular weight excluding hydrogens is 483 g/mol. The molecule has 1 fully saturated rings. The van der Waals surface area contributed by atoms with Gasteiger partial charge in [0.15, 0.2) is 5.82 Å². The highest BCUT2D eigenvalue weighted by atomic mass is 35.5. The zero-order valence-corrected chi connectivity index (χ0v) is 20.9. The number of methoxy groups -OCH3 is 1. The van der Waals surface area contributed by atoms with Crippen molar-refractivity contribution >= 4 is 40.6 Å². The van der Waals surface area contributed by atoms with Crippen molar-refractivity contribution in [1.29, 1.82) is 0 Å². The van der Waals surface area contributed by atoms with Crippen LogP contribution in [0.25, 0.3) is 0 Å². The number of hydrogen-bond acceptors (Lipinski definition) is 7. The fourth-order valence-electron chi connectivity index (χ4n) is 5.19. The van der Waals surface area contributed by atoms with Crippen LogP contribution in [0.2, 0.25) is 5.02 Å². The van der Waals surface area contributed by atoms with Crippen LogP contribution in [0.1, 0.15) is 40.4 Å². The molecule has 2 aliphatic rings. The van der Waals surface area contributed by atoms with Crippen molar-refractivity contribution in [3.8, 4) is 0 Å². The van der Waals surface area contributed by atoms with Crippen LogP contribution in [0.15, 0.2) is 42.6 Å². The number of ether oxygens (including phenoxy) is 1. The second-order valence-electron chi connectivity index (χ2n) is 8.98. The normalized spacial score (nSPS) is 18.6. The molecule has 36 heavy (non-hydrogen) atoms. The summed E-state index contributed by atoms with van der Waals surface area (Å²) < 4.78 is 19.9. The molecule has 0 aliphatic carbocycles. The molecule has 10 heteroatoms. The number of aromatic nitrogens is 2. The first-order chi connectivity index (χ1) is 17.5. The van der Waals surface area contributed by atoms with Gasteiger partial charge in [0.2, 0.25) is 5.95 Å². The van der Waals surface area contributed by atoms with Crippen LogP contribution in [0.5, 0.6) is 0 Å². The number of fused-ring (bicyclic) bond motifs is 4. The highest BCUT2D eigenvalue weighted by Crippen LogP contribution is 2.44. The van der Waals surface area contributed by atoms with Gasteiger partial charge in [0.1, 0.15) is 10.8 Å². The monoisotopic (exact) mass is 510 g/mol. The number of para-hydroxylation sites is 1. The first-order valence-electron chi connectivity index (χ1n) is 11.9. The number of benzene rings is 2. The Morgan fingerprint density at radius 3 is 2.92 bits per heavy atom. The fraction of sp³-hybridized carbons (Fsp3) is 0.346. The molecule has 2 bridgehead atoms. The van der Waals surface area contributed by atoms with Gasteiger partial charge in [-0.15, -0.1) is 0 Å². The lowest BCUT2D eigenvalue weighted by Crippen LogP contribution is -2.39. The van der Waals surface area contributed by atoms with Crippen LogP contribution in [0.3, 0.4) is 0 Å². The van der Waals surface area contributed by atoms with E-state index in [0.717, 1.165) is 31.7 Å². The lowest BCUT2D eigenvalue weighted by molar-refractivity contribution is 0.0963. The Morgan fingerprint density at radius 1 is 1.25 bits per heavy atom. The number of nitrogens with zero attached hydrogens (tertiary/aromatic N) is 3. The zero-order chi connectivity index (χ0) is 25.2. The Hall–Kier alpha value is -3.27. The van der Waals surface area contributed by atoms with Crippen LogP contribution in [-0.4, -0.2) is 54.1 Å². The Balaban J connectivity index is 1.39. The van der Waals surface area contributed by atoms with Crippen LogP contribution >= 0.6 is 11.6 Å². The smallest absolute Gasteiger partial charge is 0.253 e.